The molecule has 10 rings (SSSR count). The van der Waals surface area contributed by atoms with E-state index in [2.05, 4.69) is 68.3 Å². The number of aromatic nitrogens is 9. The van der Waals surface area contributed by atoms with E-state index < -0.39 is 78.1 Å². The van der Waals surface area contributed by atoms with Crippen LogP contribution < -0.4 is 60.5 Å². The molecule has 0 bridgehead atoms. The highest BCUT2D eigenvalue weighted by Crippen LogP contribution is 2.36. The van der Waals surface area contributed by atoms with Crippen LogP contribution in [0.2, 0.25) is 0 Å². The van der Waals surface area contributed by atoms with Crippen LogP contribution in [0.3, 0.4) is 0 Å². The molecule has 5 amide bonds. The maximum Gasteiger partial charge on any atom is 0.407 e. The van der Waals surface area contributed by atoms with Gasteiger partial charge in [0.1, 0.15) is 50.2 Å². The first-order valence-electron chi connectivity index (χ1n) is 44.3. The molecule has 42 nitrogen and oxygen atoms in total. The number of amides is 5. The van der Waals surface area contributed by atoms with Crippen LogP contribution in [0.15, 0.2) is 33.0 Å². The van der Waals surface area contributed by atoms with Crippen LogP contribution in [0.25, 0.3) is 33.1 Å². The molecule has 1 aliphatic carbocycles. The zero-order valence-corrected chi connectivity index (χ0v) is 75.3. The van der Waals surface area contributed by atoms with Gasteiger partial charge in [-0.15, -0.1) is 34.8 Å². The number of ether oxygens (including phenoxy) is 11. The number of aromatic amines is 3. The smallest absolute Gasteiger partial charge is 0.407 e. The highest BCUT2D eigenvalue weighted by molar-refractivity contribution is 6.18. The van der Waals surface area contributed by atoms with Crippen LogP contribution in [0.1, 0.15) is 177 Å². The summed E-state index contributed by atoms with van der Waals surface area (Å²) in [5.41, 5.74) is 17.8. The van der Waals surface area contributed by atoms with Crippen molar-refractivity contribution in [2.24, 2.45) is 11.8 Å². The van der Waals surface area contributed by atoms with Crippen molar-refractivity contribution >= 4 is 115 Å². The van der Waals surface area contributed by atoms with Gasteiger partial charge >= 0.3 is 6.09 Å². The first kappa shape index (κ1) is 106. The van der Waals surface area contributed by atoms with E-state index in [4.69, 9.17) is 104 Å². The van der Waals surface area contributed by atoms with Gasteiger partial charge in [0.15, 0.2) is 16.9 Å². The van der Waals surface area contributed by atoms with Gasteiger partial charge in [-0.1, -0.05) is 50.4 Å². The molecule has 6 aromatic rings. The molecular formula is C84H130Cl3N17O25. The number of carbonyl (C=O) groups excluding carboxylic acids is 5. The topological polar surface area (TPSA) is 599 Å². The molecular weight excluding hydrogens is 1750 g/mol. The lowest BCUT2D eigenvalue weighted by Crippen LogP contribution is -2.39. The Hall–Kier alpha value is -8.40. The van der Waals surface area contributed by atoms with Gasteiger partial charge in [0.25, 0.3) is 16.7 Å². The highest BCUT2D eigenvalue weighted by Gasteiger charge is 2.39. The molecule has 722 valence electrons. The van der Waals surface area contributed by atoms with Crippen LogP contribution in [0.4, 0.5) is 22.6 Å². The Morgan fingerprint density at radius 1 is 0.442 bits per heavy atom. The molecule has 0 aromatic carbocycles. The maximum atomic E-state index is 12.7. The van der Waals surface area contributed by atoms with Crippen molar-refractivity contribution in [3.05, 3.63) is 66.3 Å². The lowest BCUT2D eigenvalue weighted by Gasteiger charge is -2.27. The fourth-order valence-electron chi connectivity index (χ4n) is 14.9. The number of nitrogens with zero attached hydrogens (tertiary/aromatic N) is 6. The second-order valence-electron chi connectivity index (χ2n) is 31.3. The summed E-state index contributed by atoms with van der Waals surface area (Å²) >= 11 is 16.9. The van der Waals surface area contributed by atoms with E-state index in [-0.39, 0.29) is 171 Å². The standard InChI is InChI=1S/C34H51ClN6O9.C27H43ClN6O8.C23H36ClN5O8/c35-11-3-1-2-4-14-48-18-19-49-17-13-38-32(45)24-9-7-23(8-10-24)31(44)37-12-16-47-15-5-6-25-21-41(28-20-26(43)27(22-42)50-28)30-29(25)33(46)40-34(36)39-30;28-8-3-1-2-4-10-40-12-13-41-11-9-30-21(37)6-5-7-22(38)31-15-18-16-34(23-14-19(36)20(17-35)42-23)25-24(18)26(39)33-27(29)32-25;24-5-3-1-2-4-7-34-9-10-35-8-6-26-23(33)36-14-15-12-29(18-11-16(31)17(13-30)37-18)20-19(15)21(32)28-22(25)27-20/h21,23-24,26-28,42-43H,1-4,7-20,22H2,(H,37,44)(H,38,45)(H3,36,39,40,46);16,19-20,23,35-36H,1-15,17H2,(H,30,37)(H,31,38)(H3,29,32,33,39);12,16-18,30-31H,1-11,13-14H2,(H,26,33)(H3,25,27,28,32)/t23?,24?,26?,27-,28-;19?,20-,23-;16?,17-,18-/m111/s1. The number of hydrogen-bond acceptors (Lipinski definition) is 31. The number of aliphatic hydroxyl groups excluding tert-OH is 6. The zero-order chi connectivity index (χ0) is 92.7. The number of alkyl carbamates (subject to hydrolysis) is 1. The Morgan fingerprint density at radius 2 is 0.798 bits per heavy atom. The van der Waals surface area contributed by atoms with Crippen molar-refractivity contribution in [1.82, 2.24) is 70.2 Å². The van der Waals surface area contributed by atoms with Crippen molar-refractivity contribution < 1.29 is 107 Å². The summed E-state index contributed by atoms with van der Waals surface area (Å²) in [5, 5.41) is 73.2. The number of nitrogen functional groups attached to an aromatic ring is 3. The summed E-state index contributed by atoms with van der Waals surface area (Å²) in [6, 6.07) is 0. The van der Waals surface area contributed by atoms with Crippen molar-refractivity contribution in [3.8, 4) is 11.8 Å². The van der Waals surface area contributed by atoms with Crippen LogP contribution in [0, 0.1) is 23.7 Å². The SMILES string of the molecule is Nc1nc2c(c(C#CCOCCNC(=O)C3CCC(C(=O)NCCOCCOCCCCCCCl)CC3)cn2[C@H]2CC(O)[C@@H](CO)O2)c(=O)[nH]1.Nc1nc2c(c(CNC(=O)CCCC(=O)NCCOCCOCCCCCCCl)cn2[C@H]2CC(O)[C@@H](CO)O2)c(=O)[nH]1.Nc1nc2c(c(COC(=O)NCCOCCOCCCCCCCl)cn2[C@H]2CC(O)[C@@H](CO)O2)c(=O)[nH]1. The van der Waals surface area contributed by atoms with Crippen LogP contribution in [0.5, 0.6) is 0 Å². The summed E-state index contributed by atoms with van der Waals surface area (Å²) in [6.07, 6.45) is 13.9. The third kappa shape index (κ3) is 35.6. The summed E-state index contributed by atoms with van der Waals surface area (Å²) in [4.78, 5) is 120. The fraction of sp³-hybridized carbons (Fsp3) is 0.702. The number of halogens is 3. The van der Waals surface area contributed by atoms with Crippen LogP contribution in [-0.4, -0.2) is 297 Å². The molecule has 6 aromatic heterocycles. The lowest BCUT2D eigenvalue weighted by atomic mass is 9.81. The number of nitrogens with two attached hydrogens (primary N) is 3. The second kappa shape index (κ2) is 59.2. The average Bonchev–Trinajstić information content (AvgIpc) is 1.62. The van der Waals surface area contributed by atoms with E-state index in [1.165, 1.54) is 0 Å². The number of rotatable bonds is 56. The van der Waals surface area contributed by atoms with E-state index in [1.807, 2.05) is 0 Å². The Kier molecular flexibility index (Phi) is 48.6. The van der Waals surface area contributed by atoms with Gasteiger partial charge in [0.05, 0.1) is 126 Å². The van der Waals surface area contributed by atoms with Crippen molar-refractivity contribution in [2.45, 2.75) is 210 Å². The minimum absolute atomic E-state index is 0.00531. The van der Waals surface area contributed by atoms with Gasteiger partial charge in [-0.3, -0.25) is 48.5 Å². The predicted octanol–water partition coefficient (Wildman–Crippen LogP) is 2.88. The third-order valence-electron chi connectivity index (χ3n) is 21.7. The Morgan fingerprint density at radius 3 is 1.22 bits per heavy atom. The number of hydrogen-bond donors (Lipinski definition) is 17. The molecule has 0 radical (unpaired) electrons. The van der Waals surface area contributed by atoms with Gasteiger partial charge in [0.2, 0.25) is 41.5 Å². The van der Waals surface area contributed by atoms with E-state index in [9.17, 15) is 69.0 Å². The molecule has 45 heteroatoms. The predicted molar refractivity (Wildman–Crippen MR) is 478 cm³/mol. The van der Waals surface area contributed by atoms with Gasteiger partial charge in [-0.2, -0.15) is 15.0 Å². The number of aliphatic hydroxyl groups is 6. The number of nitrogens with one attached hydrogen (secondary N) is 8. The minimum Gasteiger partial charge on any atom is -0.445 e. The van der Waals surface area contributed by atoms with E-state index >= 15 is 0 Å². The molecule has 3 unspecified atom stereocenters. The van der Waals surface area contributed by atoms with Gasteiger partial charge in [-0.25, -0.2) is 4.79 Å². The van der Waals surface area contributed by atoms with E-state index in [0.717, 1.165) is 83.7 Å². The average molecular weight is 1880 g/mol. The van der Waals surface area contributed by atoms with Gasteiger partial charge < -0.3 is 140 Å². The number of H-pyrrole nitrogens is 3. The fourth-order valence-corrected chi connectivity index (χ4v) is 15.4. The molecule has 0 spiro atoms. The molecule has 4 fully saturated rings. The summed E-state index contributed by atoms with van der Waals surface area (Å²) in [5.74, 6) is 6.93. The molecule has 9 heterocycles. The van der Waals surface area contributed by atoms with Crippen molar-refractivity contribution in [1.29, 1.82) is 0 Å². The van der Waals surface area contributed by atoms with E-state index in [1.54, 1.807) is 32.3 Å². The van der Waals surface area contributed by atoms with Crippen LogP contribution >= 0.6 is 34.8 Å². The largest absolute Gasteiger partial charge is 0.445 e. The molecule has 3 aliphatic heterocycles. The number of alkyl halides is 3. The lowest BCUT2D eigenvalue weighted by molar-refractivity contribution is -0.130. The van der Waals surface area contributed by atoms with Gasteiger partial charge in [-0.05, 0) is 70.6 Å². The molecule has 4 aliphatic rings. The molecule has 20 N–H and O–H groups in total. The van der Waals surface area contributed by atoms with Crippen LogP contribution in [-0.2, 0) is 84.4 Å². The molecule has 9 atom stereocenters. The highest BCUT2D eigenvalue weighted by atomic mass is 35.5. The molecule has 3 saturated heterocycles. The quantitative estimate of drug-likeness (QED) is 0.0148. The first-order chi connectivity index (χ1) is 62.6. The molecule has 1 saturated carbocycles. The number of anilines is 3. The molecule has 129 heavy (non-hydrogen) atoms. The Labute approximate surface area is 761 Å². The Balaban J connectivity index is 0.000000242. The number of carbonyl (C=O) groups is 5. The number of fused-ring (bicyclic) bond motifs is 3. The second-order valence-corrected chi connectivity index (χ2v) is 32.5. The monoisotopic (exact) mass is 1880 g/mol. The summed E-state index contributed by atoms with van der Waals surface area (Å²) in [7, 11) is 0. The van der Waals surface area contributed by atoms with Gasteiger partial charge in [0, 0.05) is 144 Å². The summed E-state index contributed by atoms with van der Waals surface area (Å²) in [6.45, 7) is 6.61. The van der Waals surface area contributed by atoms with Crippen molar-refractivity contribution in [2.75, 3.05) is 173 Å². The normalized spacial score (nSPS) is 20.1. The summed E-state index contributed by atoms with van der Waals surface area (Å²) < 4.78 is 65.6. The zero-order valence-electron chi connectivity index (χ0n) is 73.0. The number of unbranched alkanes of at least 4 members (excludes halogenated alkanes) is 9. The minimum atomic E-state index is -0.879. The maximum absolute atomic E-state index is 12.7. The first-order valence-corrected chi connectivity index (χ1v) is 45.9. The Bertz CT molecular complexity index is 4610. The van der Waals surface area contributed by atoms with Crippen molar-refractivity contribution in [3.63, 3.8) is 0 Å². The van der Waals surface area contributed by atoms with E-state index in [0.29, 0.717) is 159 Å². The third-order valence-corrected chi connectivity index (χ3v) is 22.5.